The summed E-state index contributed by atoms with van der Waals surface area (Å²) in [5.74, 6) is -0.664. The van der Waals surface area contributed by atoms with Crippen LogP contribution in [0, 0.1) is 11.3 Å². The van der Waals surface area contributed by atoms with E-state index in [9.17, 15) is 15.2 Å². The number of carbonyl (C=O) groups is 1. The van der Waals surface area contributed by atoms with Gasteiger partial charge in [-0.05, 0) is 36.2 Å². The fraction of sp³-hybridized carbons (Fsp3) is 0.111. The van der Waals surface area contributed by atoms with E-state index in [1.807, 2.05) is 12.1 Å². The molecule has 0 amide bonds. The molecule has 0 saturated carbocycles. The van der Waals surface area contributed by atoms with Crippen LogP contribution in [0.4, 0.5) is 0 Å². The number of nitriles is 1. The maximum atomic E-state index is 11.0. The molecule has 24 heavy (non-hydrogen) atoms. The van der Waals surface area contributed by atoms with E-state index in [4.69, 9.17) is 9.52 Å². The summed E-state index contributed by atoms with van der Waals surface area (Å²) in [4.78, 5) is 11.0. The first-order valence-corrected chi connectivity index (χ1v) is 7.28. The standard InChI is InChI=1S/C18H14N2O4/c19-9-13-11-20(10-12(13)3-5-15-2-1-7-24-15)14-4-6-16(18(22)23)17(21)8-14/h1-2,4,6-8,10-11,21H,3,5H2,(H,22,23). The monoisotopic (exact) mass is 322 g/mol. The van der Waals surface area contributed by atoms with Crippen molar-refractivity contribution in [2.24, 2.45) is 0 Å². The van der Waals surface area contributed by atoms with Gasteiger partial charge >= 0.3 is 5.97 Å². The Labute approximate surface area is 137 Å². The van der Waals surface area contributed by atoms with Gasteiger partial charge in [-0.15, -0.1) is 0 Å². The minimum atomic E-state index is -1.19. The molecule has 0 unspecified atom stereocenters. The lowest BCUT2D eigenvalue weighted by molar-refractivity contribution is 0.0694. The summed E-state index contributed by atoms with van der Waals surface area (Å²) < 4.78 is 6.99. The van der Waals surface area contributed by atoms with Crippen LogP contribution in [-0.2, 0) is 12.8 Å². The number of hydrogen-bond acceptors (Lipinski definition) is 4. The van der Waals surface area contributed by atoms with Crippen LogP contribution in [0.15, 0.2) is 53.4 Å². The van der Waals surface area contributed by atoms with Gasteiger partial charge in [-0.25, -0.2) is 4.79 Å². The molecule has 0 fully saturated rings. The molecule has 2 heterocycles. The van der Waals surface area contributed by atoms with Crippen molar-refractivity contribution >= 4 is 5.97 Å². The van der Waals surface area contributed by atoms with Crippen molar-refractivity contribution in [2.75, 3.05) is 0 Å². The minimum absolute atomic E-state index is 0.163. The van der Waals surface area contributed by atoms with Crippen molar-refractivity contribution in [2.45, 2.75) is 12.8 Å². The van der Waals surface area contributed by atoms with Gasteiger partial charge in [0.05, 0.1) is 11.8 Å². The van der Waals surface area contributed by atoms with Crippen LogP contribution in [0.1, 0.15) is 27.2 Å². The first kappa shape index (κ1) is 15.4. The zero-order valence-electron chi connectivity index (χ0n) is 12.6. The molecule has 0 aliphatic carbocycles. The SMILES string of the molecule is N#Cc1cn(-c2ccc(C(=O)O)c(O)c2)cc1CCc1ccco1. The molecule has 3 rings (SSSR count). The summed E-state index contributed by atoms with van der Waals surface area (Å²) in [6.07, 6.45) is 6.39. The Hall–Kier alpha value is -3.46. The number of nitrogens with zero attached hydrogens (tertiary/aromatic N) is 2. The van der Waals surface area contributed by atoms with Gasteiger partial charge in [-0.3, -0.25) is 0 Å². The zero-order chi connectivity index (χ0) is 17.1. The second-order valence-electron chi connectivity index (χ2n) is 5.30. The van der Waals surface area contributed by atoms with Gasteiger partial charge in [-0.1, -0.05) is 0 Å². The molecule has 0 spiro atoms. The normalized spacial score (nSPS) is 10.5. The van der Waals surface area contributed by atoms with Crippen molar-refractivity contribution in [3.05, 3.63) is 71.4 Å². The highest BCUT2D eigenvalue weighted by molar-refractivity contribution is 5.91. The number of aromatic hydroxyl groups is 1. The molecule has 0 bridgehead atoms. The highest BCUT2D eigenvalue weighted by Crippen LogP contribution is 2.23. The van der Waals surface area contributed by atoms with E-state index >= 15 is 0 Å². The van der Waals surface area contributed by atoms with E-state index in [1.165, 1.54) is 12.1 Å². The lowest BCUT2D eigenvalue weighted by Crippen LogP contribution is -1.98. The summed E-state index contributed by atoms with van der Waals surface area (Å²) in [7, 11) is 0. The molecule has 3 aromatic rings. The number of aryl methyl sites for hydroxylation is 2. The number of rotatable bonds is 5. The molecule has 1 aromatic carbocycles. The second-order valence-corrected chi connectivity index (χ2v) is 5.30. The van der Waals surface area contributed by atoms with Crippen LogP contribution >= 0.6 is 0 Å². The fourth-order valence-electron chi connectivity index (χ4n) is 2.52. The van der Waals surface area contributed by atoms with E-state index in [-0.39, 0.29) is 11.3 Å². The molecular formula is C18H14N2O4. The quantitative estimate of drug-likeness (QED) is 0.752. The second kappa shape index (κ2) is 6.34. The van der Waals surface area contributed by atoms with Crippen LogP contribution in [0.5, 0.6) is 5.75 Å². The number of aromatic nitrogens is 1. The Kier molecular flexibility index (Phi) is 4.08. The molecule has 0 aliphatic heterocycles. The Morgan fingerprint density at radius 3 is 2.71 bits per heavy atom. The van der Waals surface area contributed by atoms with E-state index in [1.54, 1.807) is 29.3 Å². The maximum Gasteiger partial charge on any atom is 0.339 e. The Morgan fingerprint density at radius 2 is 2.08 bits per heavy atom. The van der Waals surface area contributed by atoms with Crippen LogP contribution in [0.25, 0.3) is 5.69 Å². The van der Waals surface area contributed by atoms with E-state index in [0.29, 0.717) is 24.1 Å². The van der Waals surface area contributed by atoms with Crippen LogP contribution < -0.4 is 0 Å². The van der Waals surface area contributed by atoms with Gasteiger partial charge in [0.25, 0.3) is 0 Å². The smallest absolute Gasteiger partial charge is 0.339 e. The van der Waals surface area contributed by atoms with Gasteiger partial charge in [0, 0.05) is 30.6 Å². The molecule has 2 aromatic heterocycles. The molecule has 0 radical (unpaired) electrons. The summed E-state index contributed by atoms with van der Waals surface area (Å²) in [6, 6.07) is 10.1. The topological polar surface area (TPSA) is 99.4 Å². The van der Waals surface area contributed by atoms with Crippen LogP contribution in [-0.4, -0.2) is 20.7 Å². The number of carboxylic acids is 1. The van der Waals surface area contributed by atoms with Gasteiger partial charge < -0.3 is 19.2 Å². The molecule has 6 heteroatoms. The van der Waals surface area contributed by atoms with Gasteiger partial charge in [-0.2, -0.15) is 5.26 Å². The Balaban J connectivity index is 1.88. The third kappa shape index (κ3) is 3.01. The Morgan fingerprint density at radius 1 is 1.25 bits per heavy atom. The maximum absolute atomic E-state index is 11.0. The number of hydrogen-bond donors (Lipinski definition) is 2. The molecule has 6 nitrogen and oxygen atoms in total. The van der Waals surface area contributed by atoms with Crippen molar-refractivity contribution in [1.29, 1.82) is 5.26 Å². The number of aromatic carboxylic acids is 1. The van der Waals surface area contributed by atoms with E-state index < -0.39 is 5.97 Å². The largest absolute Gasteiger partial charge is 0.507 e. The average Bonchev–Trinajstić information content (AvgIpc) is 3.21. The first-order chi connectivity index (χ1) is 11.6. The molecule has 120 valence electrons. The summed E-state index contributed by atoms with van der Waals surface area (Å²) in [5, 5.41) is 28.1. The lowest BCUT2D eigenvalue weighted by atomic mass is 10.1. The lowest BCUT2D eigenvalue weighted by Gasteiger charge is -2.05. The molecule has 0 saturated heterocycles. The molecule has 0 atom stereocenters. The Bertz CT molecular complexity index is 917. The van der Waals surface area contributed by atoms with Crippen molar-refractivity contribution < 1.29 is 19.4 Å². The van der Waals surface area contributed by atoms with Crippen molar-refractivity contribution in [3.63, 3.8) is 0 Å². The first-order valence-electron chi connectivity index (χ1n) is 7.28. The predicted molar refractivity (Wildman–Crippen MR) is 85.2 cm³/mol. The summed E-state index contributed by atoms with van der Waals surface area (Å²) in [6.45, 7) is 0. The summed E-state index contributed by atoms with van der Waals surface area (Å²) >= 11 is 0. The highest BCUT2D eigenvalue weighted by Gasteiger charge is 2.13. The number of phenols is 1. The zero-order valence-corrected chi connectivity index (χ0v) is 12.6. The third-order valence-electron chi connectivity index (χ3n) is 3.76. The van der Waals surface area contributed by atoms with Gasteiger partial charge in [0.2, 0.25) is 0 Å². The number of furan rings is 1. The third-order valence-corrected chi connectivity index (χ3v) is 3.76. The van der Waals surface area contributed by atoms with Crippen LogP contribution in [0.3, 0.4) is 0 Å². The fourth-order valence-corrected chi connectivity index (χ4v) is 2.52. The van der Waals surface area contributed by atoms with E-state index in [2.05, 4.69) is 6.07 Å². The van der Waals surface area contributed by atoms with Crippen LogP contribution in [0.2, 0.25) is 0 Å². The van der Waals surface area contributed by atoms with Gasteiger partial charge in [0.15, 0.2) is 0 Å². The molecule has 0 aliphatic rings. The average molecular weight is 322 g/mol. The highest BCUT2D eigenvalue weighted by atomic mass is 16.4. The molecular weight excluding hydrogens is 308 g/mol. The predicted octanol–water partition coefficient (Wildman–Crippen LogP) is 3.13. The van der Waals surface area contributed by atoms with Crippen molar-refractivity contribution in [1.82, 2.24) is 4.57 Å². The number of benzene rings is 1. The van der Waals surface area contributed by atoms with E-state index in [0.717, 1.165) is 11.3 Å². The molecule has 2 N–H and O–H groups in total. The van der Waals surface area contributed by atoms with Crippen molar-refractivity contribution in [3.8, 4) is 17.5 Å². The summed E-state index contributed by atoms with van der Waals surface area (Å²) in [5.41, 5.74) is 1.81. The minimum Gasteiger partial charge on any atom is -0.507 e. The van der Waals surface area contributed by atoms with Gasteiger partial charge in [0.1, 0.15) is 23.1 Å². The number of carboxylic acid groups (broad SMARTS) is 1.